The topological polar surface area (TPSA) is 426 Å². The lowest BCUT2D eigenvalue weighted by Gasteiger charge is -2.39. The van der Waals surface area contributed by atoms with Crippen molar-refractivity contribution in [3.05, 3.63) is 104 Å². The summed E-state index contributed by atoms with van der Waals surface area (Å²) in [5, 5.41) is 145. The van der Waals surface area contributed by atoms with Gasteiger partial charge < -0.3 is 94.8 Å². The van der Waals surface area contributed by atoms with Crippen LogP contribution in [0.1, 0.15) is 0 Å². The first kappa shape index (κ1) is 50.7. The van der Waals surface area contributed by atoms with E-state index in [1.165, 1.54) is 72.8 Å². The number of phenolic OH excluding ortho intramolecular Hbond substituents is 1. The average Bonchev–Trinajstić information content (AvgIpc) is 3.35. The van der Waals surface area contributed by atoms with Gasteiger partial charge >= 0.3 is 0 Å². The third-order valence-corrected chi connectivity index (χ3v) is 11.0. The molecule has 4 aromatic rings. The summed E-state index contributed by atoms with van der Waals surface area (Å²) >= 11 is 0. The molecular formula is C42H48N6O21. The zero-order chi connectivity index (χ0) is 49.7. The molecule has 15 N–H and O–H groups in total. The molecule has 3 heterocycles. The first-order chi connectivity index (χ1) is 33.0. The predicted octanol–water partition coefficient (Wildman–Crippen LogP) is -5.20. The normalized spacial score (nSPS) is 32.2. The summed E-state index contributed by atoms with van der Waals surface area (Å²) in [6.07, 6.45) is -23.1. The van der Waals surface area contributed by atoms with E-state index in [1.807, 2.05) is 0 Å². The van der Waals surface area contributed by atoms with Crippen LogP contribution in [0.5, 0.6) is 23.0 Å². The van der Waals surface area contributed by atoms with Gasteiger partial charge in [-0.05, 0) is 72.8 Å². The van der Waals surface area contributed by atoms with E-state index < -0.39 is 145 Å². The maximum Gasteiger partial charge on any atom is 0.241 e. The Kier molecular flexibility index (Phi) is 16.3. The second-order valence-corrected chi connectivity index (χ2v) is 15.7. The monoisotopic (exact) mass is 972 g/mol. The van der Waals surface area contributed by atoms with Gasteiger partial charge in [-0.25, -0.2) is 0 Å². The highest BCUT2D eigenvalue weighted by atomic mass is 16.7. The summed E-state index contributed by atoms with van der Waals surface area (Å²) in [5.41, 5.74) is 2.33. The Hall–Kier alpha value is -6.12. The van der Waals surface area contributed by atoms with Crippen LogP contribution < -0.4 is 46.6 Å². The number of ether oxygens (including phenoxy) is 6. The molecule has 3 aliphatic heterocycles. The number of anilines is 2. The fourth-order valence-corrected chi connectivity index (χ4v) is 7.01. The van der Waals surface area contributed by atoms with Crippen LogP contribution in [-0.2, 0) is 14.2 Å². The van der Waals surface area contributed by atoms with Gasteiger partial charge in [0.1, 0.15) is 90.5 Å². The highest BCUT2D eigenvalue weighted by molar-refractivity contribution is 5.52. The van der Waals surface area contributed by atoms with Gasteiger partial charge in [0, 0.05) is 0 Å². The largest absolute Gasteiger partial charge is 0.504 e. The summed E-state index contributed by atoms with van der Waals surface area (Å²) < 4.78 is 32.8. The standard InChI is InChI=1S/C42H48N6O21/c49-13-22-28(52)34(58)37(61)40(67-22)64-19-7-1-16(2-8-19)43-46-25-31(55)26(47-44-17-3-9-20(10-4-17)65-41-38(62)35(59)29(53)23(14-50)68-41)33(57)27(32(25)56)48-45-18-5-11-21(12-6-18)66-42-39(63)36(60)30(54)24(15-51)69-42/h1-12,22-24,28-30,34-44,49-54,56,58-63H,13-15H2/b46-25+,47-26+,48-45?/t22-,23-,24-,28-,29-,30-,34+,35+,36+,37-,38-,39-,40-,41-,42-/m1/s1. The van der Waals surface area contributed by atoms with Crippen LogP contribution >= 0.6 is 0 Å². The number of rotatable bonds is 15. The number of aromatic hydroxyl groups is 1. The fourth-order valence-electron chi connectivity index (χ4n) is 7.01. The number of hydrogen-bond donors (Lipinski definition) is 15. The third-order valence-electron chi connectivity index (χ3n) is 11.0. The van der Waals surface area contributed by atoms with Gasteiger partial charge in [0.2, 0.25) is 29.7 Å². The van der Waals surface area contributed by atoms with Crippen LogP contribution in [0.15, 0.2) is 103 Å². The Morgan fingerprint density at radius 2 is 0.797 bits per heavy atom. The van der Waals surface area contributed by atoms with Gasteiger partial charge in [-0.1, -0.05) is 0 Å². The van der Waals surface area contributed by atoms with Crippen molar-refractivity contribution in [1.82, 2.24) is 0 Å². The maximum absolute atomic E-state index is 13.8. The van der Waals surface area contributed by atoms with Gasteiger partial charge in [0.05, 0.1) is 36.9 Å². The van der Waals surface area contributed by atoms with E-state index in [2.05, 4.69) is 31.3 Å². The van der Waals surface area contributed by atoms with Crippen molar-refractivity contribution >= 4 is 22.7 Å². The Morgan fingerprint density at radius 3 is 1.16 bits per heavy atom. The fraction of sp³-hybridized carbons (Fsp3) is 0.429. The van der Waals surface area contributed by atoms with Gasteiger partial charge in [-0.2, -0.15) is 15.3 Å². The zero-order valence-electron chi connectivity index (χ0n) is 35.6. The van der Waals surface area contributed by atoms with Crippen LogP contribution in [0.2, 0.25) is 0 Å². The molecule has 0 aliphatic carbocycles. The van der Waals surface area contributed by atoms with Crippen molar-refractivity contribution in [2.75, 3.05) is 30.7 Å². The Morgan fingerprint density at radius 1 is 0.449 bits per heavy atom. The molecule has 27 heteroatoms. The number of nitrogens with zero attached hydrogens (tertiary/aromatic N) is 4. The highest BCUT2D eigenvalue weighted by Crippen LogP contribution is 2.29. The number of hydrogen-bond acceptors (Lipinski definition) is 27. The second kappa shape index (κ2) is 22.1. The molecule has 27 nitrogen and oxygen atoms in total. The Labute approximate surface area is 387 Å². The molecular weight excluding hydrogens is 924 g/mol. The molecule has 3 fully saturated rings. The van der Waals surface area contributed by atoms with Crippen molar-refractivity contribution in [2.45, 2.75) is 92.1 Å². The van der Waals surface area contributed by atoms with Crippen molar-refractivity contribution < 1.29 is 94.8 Å². The number of nitrogens with one attached hydrogen (secondary N) is 2. The summed E-state index contributed by atoms with van der Waals surface area (Å²) in [6.45, 7) is -2.03. The van der Waals surface area contributed by atoms with E-state index in [4.69, 9.17) is 28.4 Å². The summed E-state index contributed by atoms with van der Waals surface area (Å²) in [7, 11) is 0. The van der Waals surface area contributed by atoms with Crippen LogP contribution in [-0.4, -0.2) is 178 Å². The highest BCUT2D eigenvalue weighted by Gasteiger charge is 2.47. The van der Waals surface area contributed by atoms with E-state index in [0.717, 1.165) is 0 Å². The molecule has 15 atom stereocenters. The number of azo groups is 1. The maximum atomic E-state index is 13.8. The smallest absolute Gasteiger partial charge is 0.241 e. The van der Waals surface area contributed by atoms with Gasteiger partial charge in [0.15, 0.2) is 22.2 Å². The molecule has 0 unspecified atom stereocenters. The predicted molar refractivity (Wildman–Crippen MR) is 228 cm³/mol. The number of aliphatic hydroxyl groups is 12. The minimum absolute atomic E-state index is 0.0615. The zero-order valence-corrected chi connectivity index (χ0v) is 35.6. The van der Waals surface area contributed by atoms with Crippen molar-refractivity contribution in [3.8, 4) is 23.0 Å². The lowest BCUT2D eigenvalue weighted by Crippen LogP contribution is -2.60. The van der Waals surface area contributed by atoms with E-state index in [1.54, 1.807) is 0 Å². The van der Waals surface area contributed by atoms with Gasteiger partial charge in [0.25, 0.3) is 0 Å². The van der Waals surface area contributed by atoms with Gasteiger partial charge in [-0.3, -0.25) is 20.4 Å². The second-order valence-electron chi connectivity index (χ2n) is 15.7. The lowest BCUT2D eigenvalue weighted by molar-refractivity contribution is -0.277. The van der Waals surface area contributed by atoms with E-state index in [9.17, 15) is 76.0 Å². The number of phenols is 1. The molecule has 0 spiro atoms. The van der Waals surface area contributed by atoms with Crippen LogP contribution in [0, 0.1) is 0 Å². The van der Waals surface area contributed by atoms with E-state index >= 15 is 0 Å². The molecule has 0 saturated carbocycles. The average molecular weight is 973 g/mol. The molecule has 0 radical (unpaired) electrons. The Balaban J connectivity index is 1.14. The van der Waals surface area contributed by atoms with Crippen molar-refractivity contribution in [1.29, 1.82) is 0 Å². The summed E-state index contributed by atoms with van der Waals surface area (Å²) in [4.78, 5) is 27.6. The first-order valence-electron chi connectivity index (χ1n) is 20.9. The number of benzene rings is 4. The SMILES string of the molecule is O=c1c(N=Nc2ccc(O[C@@H]3O[C@H](CO)[C@@H](O)[C@H](O)[C@H]3O)cc2)c(O)/c(=N/Nc2ccc(O[C@@H]3O[C@H](CO)[C@@H](O)[C@H](O)[C@H]3O)cc2)c(=O)/c1=N\Nc1ccc(O[C@@H]2O[C@H](CO)[C@@H](O)[C@H](O)[C@H]2O)cc1. The molecule has 372 valence electrons. The van der Waals surface area contributed by atoms with Crippen LogP contribution in [0.25, 0.3) is 0 Å². The Bertz CT molecular complexity index is 2620. The molecule has 4 aromatic carbocycles. The van der Waals surface area contributed by atoms with Crippen LogP contribution in [0.3, 0.4) is 0 Å². The molecule has 7 rings (SSSR count). The van der Waals surface area contributed by atoms with Gasteiger partial charge in [-0.15, -0.1) is 5.11 Å². The van der Waals surface area contributed by atoms with Crippen LogP contribution in [0.4, 0.5) is 22.7 Å². The molecule has 69 heavy (non-hydrogen) atoms. The molecule has 3 saturated heterocycles. The molecule has 3 aliphatic rings. The minimum atomic E-state index is -1.69. The lowest BCUT2D eigenvalue weighted by atomic mass is 9.99. The molecule has 0 aromatic heterocycles. The summed E-state index contributed by atoms with van der Waals surface area (Å²) in [5.74, 6) is -0.771. The third kappa shape index (κ3) is 11.2. The molecule has 0 bridgehead atoms. The van der Waals surface area contributed by atoms with Crippen molar-refractivity contribution in [3.63, 3.8) is 0 Å². The number of aliphatic hydroxyl groups excluding tert-OH is 12. The van der Waals surface area contributed by atoms with E-state index in [-0.39, 0.29) is 34.3 Å². The van der Waals surface area contributed by atoms with Crippen molar-refractivity contribution in [2.24, 2.45) is 20.4 Å². The minimum Gasteiger partial charge on any atom is -0.504 e. The van der Waals surface area contributed by atoms with E-state index in [0.29, 0.717) is 0 Å². The quantitative estimate of drug-likeness (QED) is 0.0391. The molecule has 0 amide bonds. The first-order valence-corrected chi connectivity index (χ1v) is 20.9. The summed E-state index contributed by atoms with van der Waals surface area (Å²) in [6, 6.07) is 16.3.